The standard InChI is InChI=1S/C10H15NO3/c1-10(7-4-8-11(13)14)6-3-2-5-9(10)12/h4,8H,2-3,5-7H2,1H3/b8-4+. The number of allylic oxidation sites excluding steroid dienone is 1. The fourth-order valence-corrected chi connectivity index (χ4v) is 1.86. The number of carbonyl (C=O) groups is 1. The highest BCUT2D eigenvalue weighted by molar-refractivity contribution is 5.85. The van der Waals surface area contributed by atoms with Gasteiger partial charge in [-0.25, -0.2) is 0 Å². The first-order chi connectivity index (χ1) is 6.54. The maximum absolute atomic E-state index is 11.6. The van der Waals surface area contributed by atoms with Gasteiger partial charge in [0, 0.05) is 11.8 Å². The van der Waals surface area contributed by atoms with Crippen LogP contribution in [0, 0.1) is 15.5 Å². The summed E-state index contributed by atoms with van der Waals surface area (Å²) in [6, 6.07) is 0. The van der Waals surface area contributed by atoms with Crippen molar-refractivity contribution in [2.75, 3.05) is 0 Å². The van der Waals surface area contributed by atoms with Crippen LogP contribution >= 0.6 is 0 Å². The molecule has 0 amide bonds. The summed E-state index contributed by atoms with van der Waals surface area (Å²) in [6.45, 7) is 1.90. The zero-order valence-electron chi connectivity index (χ0n) is 8.36. The number of Topliss-reactive ketones (excluding diaryl/α,β-unsaturated/α-hetero) is 1. The molecule has 1 atom stereocenters. The number of rotatable bonds is 3. The molecule has 1 unspecified atom stereocenters. The molecular weight excluding hydrogens is 182 g/mol. The van der Waals surface area contributed by atoms with Crippen LogP contribution in [0.3, 0.4) is 0 Å². The number of hydrogen-bond acceptors (Lipinski definition) is 3. The third kappa shape index (κ3) is 2.65. The highest BCUT2D eigenvalue weighted by Crippen LogP contribution is 2.36. The fourth-order valence-electron chi connectivity index (χ4n) is 1.86. The van der Waals surface area contributed by atoms with Gasteiger partial charge in [0.2, 0.25) is 6.20 Å². The molecular formula is C10H15NO3. The van der Waals surface area contributed by atoms with Gasteiger partial charge in [-0.2, -0.15) is 0 Å². The lowest BCUT2D eigenvalue weighted by Gasteiger charge is -2.30. The normalized spacial score (nSPS) is 28.2. The van der Waals surface area contributed by atoms with Crippen molar-refractivity contribution in [3.05, 3.63) is 22.4 Å². The SMILES string of the molecule is CC1(C/C=C/[N+](=O)[O-])CCCCC1=O. The van der Waals surface area contributed by atoms with Gasteiger partial charge in [-0.3, -0.25) is 14.9 Å². The van der Waals surface area contributed by atoms with E-state index in [1.54, 1.807) is 0 Å². The van der Waals surface area contributed by atoms with E-state index in [0.717, 1.165) is 25.5 Å². The molecule has 1 rings (SSSR count). The topological polar surface area (TPSA) is 60.2 Å². The van der Waals surface area contributed by atoms with E-state index in [-0.39, 0.29) is 11.2 Å². The van der Waals surface area contributed by atoms with E-state index in [1.807, 2.05) is 6.92 Å². The predicted octanol–water partition coefficient (Wildman–Crippen LogP) is 2.32. The van der Waals surface area contributed by atoms with Crippen molar-refractivity contribution in [1.29, 1.82) is 0 Å². The predicted molar refractivity (Wildman–Crippen MR) is 52.3 cm³/mol. The van der Waals surface area contributed by atoms with Gasteiger partial charge in [0.05, 0.1) is 4.92 Å². The second-order valence-corrected chi connectivity index (χ2v) is 4.07. The van der Waals surface area contributed by atoms with Crippen LogP contribution < -0.4 is 0 Å². The summed E-state index contributed by atoms with van der Waals surface area (Å²) in [7, 11) is 0. The van der Waals surface area contributed by atoms with E-state index in [2.05, 4.69) is 0 Å². The van der Waals surface area contributed by atoms with Gasteiger partial charge in [-0.15, -0.1) is 0 Å². The van der Waals surface area contributed by atoms with Gasteiger partial charge in [-0.1, -0.05) is 13.3 Å². The van der Waals surface area contributed by atoms with Crippen molar-refractivity contribution in [2.45, 2.75) is 39.0 Å². The van der Waals surface area contributed by atoms with Gasteiger partial charge < -0.3 is 0 Å². The quantitative estimate of drug-likeness (QED) is 0.515. The molecule has 78 valence electrons. The van der Waals surface area contributed by atoms with Crippen molar-refractivity contribution in [1.82, 2.24) is 0 Å². The Morgan fingerprint density at radius 3 is 2.86 bits per heavy atom. The molecule has 0 aromatic heterocycles. The molecule has 0 saturated heterocycles. The number of nitrogens with zero attached hydrogens (tertiary/aromatic N) is 1. The first-order valence-electron chi connectivity index (χ1n) is 4.88. The molecule has 4 heteroatoms. The van der Waals surface area contributed by atoms with Crippen LogP contribution in [0.2, 0.25) is 0 Å². The number of nitro groups is 1. The molecule has 0 aromatic carbocycles. The average Bonchev–Trinajstić information content (AvgIpc) is 2.10. The molecule has 0 aromatic rings. The van der Waals surface area contributed by atoms with Gasteiger partial charge in [-0.05, 0) is 25.3 Å². The molecule has 1 aliphatic carbocycles. The Bertz CT molecular complexity index is 273. The van der Waals surface area contributed by atoms with Crippen LogP contribution in [0.15, 0.2) is 12.3 Å². The Balaban J connectivity index is 2.55. The van der Waals surface area contributed by atoms with E-state index < -0.39 is 4.92 Å². The van der Waals surface area contributed by atoms with E-state index >= 15 is 0 Å². The van der Waals surface area contributed by atoms with E-state index in [1.165, 1.54) is 6.08 Å². The third-order valence-electron chi connectivity index (χ3n) is 2.85. The molecule has 0 N–H and O–H groups in total. The van der Waals surface area contributed by atoms with Crippen LogP contribution in [-0.2, 0) is 4.79 Å². The molecule has 0 radical (unpaired) electrons. The minimum absolute atomic E-state index is 0.247. The van der Waals surface area contributed by atoms with Gasteiger partial charge in [0.15, 0.2) is 0 Å². The summed E-state index contributed by atoms with van der Waals surface area (Å²) < 4.78 is 0. The second-order valence-electron chi connectivity index (χ2n) is 4.07. The average molecular weight is 197 g/mol. The Labute approximate surface area is 83.1 Å². The summed E-state index contributed by atoms with van der Waals surface area (Å²) in [6.07, 6.45) is 6.40. The number of hydrogen-bond donors (Lipinski definition) is 0. The minimum atomic E-state index is -0.489. The van der Waals surface area contributed by atoms with E-state index in [0.29, 0.717) is 12.8 Å². The molecule has 4 nitrogen and oxygen atoms in total. The maximum Gasteiger partial charge on any atom is 0.230 e. The van der Waals surface area contributed by atoms with Gasteiger partial charge >= 0.3 is 0 Å². The van der Waals surface area contributed by atoms with E-state index in [4.69, 9.17) is 0 Å². The minimum Gasteiger partial charge on any atom is -0.299 e. The summed E-state index contributed by atoms with van der Waals surface area (Å²) in [5.41, 5.74) is -0.356. The molecule has 0 spiro atoms. The zero-order valence-corrected chi connectivity index (χ0v) is 8.36. The van der Waals surface area contributed by atoms with Gasteiger partial charge in [0.1, 0.15) is 5.78 Å². The summed E-state index contributed by atoms with van der Waals surface area (Å²) in [5, 5.41) is 10.1. The summed E-state index contributed by atoms with van der Waals surface area (Å²) in [4.78, 5) is 21.2. The van der Waals surface area contributed by atoms with Crippen LogP contribution in [-0.4, -0.2) is 10.7 Å². The molecule has 1 fully saturated rings. The molecule has 1 saturated carbocycles. The lowest BCUT2D eigenvalue weighted by molar-refractivity contribution is -0.402. The molecule has 14 heavy (non-hydrogen) atoms. The summed E-state index contributed by atoms with van der Waals surface area (Å²) >= 11 is 0. The lowest BCUT2D eigenvalue weighted by Crippen LogP contribution is -2.30. The Morgan fingerprint density at radius 1 is 1.57 bits per heavy atom. The van der Waals surface area contributed by atoms with Crippen LogP contribution in [0.5, 0.6) is 0 Å². The largest absolute Gasteiger partial charge is 0.299 e. The number of ketones is 1. The number of carbonyl (C=O) groups excluding carboxylic acids is 1. The lowest BCUT2D eigenvalue weighted by atomic mass is 9.72. The van der Waals surface area contributed by atoms with Crippen LogP contribution in [0.25, 0.3) is 0 Å². The van der Waals surface area contributed by atoms with Crippen molar-refractivity contribution >= 4 is 5.78 Å². The van der Waals surface area contributed by atoms with Gasteiger partial charge in [0.25, 0.3) is 0 Å². The first kappa shape index (κ1) is 10.9. The molecule has 0 heterocycles. The Morgan fingerprint density at radius 2 is 2.29 bits per heavy atom. The van der Waals surface area contributed by atoms with Crippen LogP contribution in [0.1, 0.15) is 39.0 Å². The van der Waals surface area contributed by atoms with Crippen LogP contribution in [0.4, 0.5) is 0 Å². The van der Waals surface area contributed by atoms with Crippen molar-refractivity contribution < 1.29 is 9.72 Å². The first-order valence-corrected chi connectivity index (χ1v) is 4.88. The molecule has 1 aliphatic rings. The second kappa shape index (κ2) is 4.35. The molecule has 0 bridgehead atoms. The Hall–Kier alpha value is -1.19. The third-order valence-corrected chi connectivity index (χ3v) is 2.85. The highest BCUT2D eigenvalue weighted by atomic mass is 16.6. The monoisotopic (exact) mass is 197 g/mol. The van der Waals surface area contributed by atoms with Crippen molar-refractivity contribution in [3.63, 3.8) is 0 Å². The Kier molecular flexibility index (Phi) is 3.38. The zero-order chi connectivity index (χ0) is 10.6. The maximum atomic E-state index is 11.6. The van der Waals surface area contributed by atoms with Crippen molar-refractivity contribution in [3.8, 4) is 0 Å². The highest BCUT2D eigenvalue weighted by Gasteiger charge is 2.33. The smallest absolute Gasteiger partial charge is 0.230 e. The summed E-state index contributed by atoms with van der Waals surface area (Å²) in [5.74, 6) is 0.247. The fraction of sp³-hybridized carbons (Fsp3) is 0.700. The van der Waals surface area contributed by atoms with Crippen molar-refractivity contribution in [2.24, 2.45) is 5.41 Å². The molecule has 0 aliphatic heterocycles. The van der Waals surface area contributed by atoms with E-state index in [9.17, 15) is 14.9 Å².